The first-order chi connectivity index (χ1) is 8.45. The lowest BCUT2D eigenvalue weighted by molar-refractivity contribution is -0.139. The van der Waals surface area contributed by atoms with Gasteiger partial charge in [0.2, 0.25) is 0 Å². The van der Waals surface area contributed by atoms with Crippen molar-refractivity contribution in [1.29, 1.82) is 0 Å². The van der Waals surface area contributed by atoms with Crippen molar-refractivity contribution in [2.75, 3.05) is 0 Å². The minimum absolute atomic E-state index is 0.0568. The molecule has 0 aromatic heterocycles. The molecule has 0 bridgehead atoms. The normalized spacial score (nSPS) is 11.4. The van der Waals surface area contributed by atoms with Crippen LogP contribution in [0.1, 0.15) is 22.3 Å². The summed E-state index contributed by atoms with van der Waals surface area (Å²) in [7, 11) is 0. The van der Waals surface area contributed by atoms with E-state index < -0.39 is 23.7 Å². The summed E-state index contributed by atoms with van der Waals surface area (Å²) in [5.74, 6) is -0.263. The Morgan fingerprint density at radius 2 is 2.22 bits per heavy atom. The van der Waals surface area contributed by atoms with E-state index in [-0.39, 0.29) is 12.0 Å². The zero-order chi connectivity index (χ0) is 13.7. The molecular formula is C13H12FNO3. The zero-order valence-corrected chi connectivity index (χ0v) is 9.74. The van der Waals surface area contributed by atoms with Crippen LogP contribution in [0.4, 0.5) is 4.39 Å². The molecule has 2 N–H and O–H groups in total. The third kappa shape index (κ3) is 3.32. The highest BCUT2D eigenvalue weighted by Gasteiger charge is 2.19. The van der Waals surface area contributed by atoms with Gasteiger partial charge in [0.05, 0.1) is 0 Å². The lowest BCUT2D eigenvalue weighted by atomic mass is 10.1. The van der Waals surface area contributed by atoms with E-state index in [1.54, 1.807) is 6.92 Å². The summed E-state index contributed by atoms with van der Waals surface area (Å²) >= 11 is 0. The van der Waals surface area contributed by atoms with Gasteiger partial charge in [0, 0.05) is 12.0 Å². The van der Waals surface area contributed by atoms with Crippen LogP contribution < -0.4 is 5.32 Å². The second-order valence-corrected chi connectivity index (χ2v) is 3.74. The Bertz CT molecular complexity index is 519. The Morgan fingerprint density at radius 1 is 1.56 bits per heavy atom. The lowest BCUT2D eigenvalue weighted by Gasteiger charge is -2.12. The summed E-state index contributed by atoms with van der Waals surface area (Å²) in [5.41, 5.74) is 0.464. The molecule has 0 fully saturated rings. The molecule has 1 rings (SSSR count). The van der Waals surface area contributed by atoms with Crippen LogP contribution in [0.2, 0.25) is 0 Å². The average Bonchev–Trinajstić information content (AvgIpc) is 2.31. The van der Waals surface area contributed by atoms with Crippen molar-refractivity contribution in [3.8, 4) is 12.3 Å². The maximum Gasteiger partial charge on any atom is 0.327 e. The maximum absolute atomic E-state index is 13.3. The van der Waals surface area contributed by atoms with Crippen LogP contribution in [-0.4, -0.2) is 23.0 Å². The minimum Gasteiger partial charge on any atom is -0.480 e. The summed E-state index contributed by atoms with van der Waals surface area (Å²) in [4.78, 5) is 22.5. The van der Waals surface area contributed by atoms with Gasteiger partial charge in [-0.2, -0.15) is 0 Å². The highest BCUT2D eigenvalue weighted by molar-refractivity contribution is 5.96. The summed E-state index contributed by atoms with van der Waals surface area (Å²) in [6.07, 6.45) is 4.87. The second kappa shape index (κ2) is 5.82. The SMILES string of the molecule is C#CCC(NC(=O)c1ccc(C)c(F)c1)C(=O)O. The van der Waals surface area contributed by atoms with E-state index >= 15 is 0 Å². The van der Waals surface area contributed by atoms with Gasteiger partial charge in [-0.25, -0.2) is 9.18 Å². The molecule has 0 spiro atoms. The third-order valence-corrected chi connectivity index (χ3v) is 2.36. The Balaban J connectivity index is 2.84. The molecule has 5 heteroatoms. The monoisotopic (exact) mass is 249 g/mol. The van der Waals surface area contributed by atoms with Crippen molar-refractivity contribution in [3.05, 3.63) is 35.1 Å². The first-order valence-electron chi connectivity index (χ1n) is 5.19. The van der Waals surface area contributed by atoms with Crippen LogP contribution in [0.3, 0.4) is 0 Å². The van der Waals surface area contributed by atoms with Gasteiger partial charge in [0.1, 0.15) is 11.9 Å². The number of rotatable bonds is 4. The number of aryl methyl sites for hydroxylation is 1. The number of terminal acetylenes is 1. The highest BCUT2D eigenvalue weighted by atomic mass is 19.1. The highest BCUT2D eigenvalue weighted by Crippen LogP contribution is 2.09. The number of carbonyl (C=O) groups excluding carboxylic acids is 1. The fraction of sp³-hybridized carbons (Fsp3) is 0.231. The van der Waals surface area contributed by atoms with Gasteiger partial charge in [-0.15, -0.1) is 12.3 Å². The van der Waals surface area contributed by atoms with Crippen LogP contribution in [0, 0.1) is 25.1 Å². The lowest BCUT2D eigenvalue weighted by Crippen LogP contribution is -2.40. The molecule has 1 aromatic rings. The van der Waals surface area contributed by atoms with Crippen LogP contribution in [-0.2, 0) is 4.79 Å². The molecular weight excluding hydrogens is 237 g/mol. The summed E-state index contributed by atoms with van der Waals surface area (Å²) < 4.78 is 13.3. The summed E-state index contributed by atoms with van der Waals surface area (Å²) in [6.45, 7) is 1.56. The Hall–Kier alpha value is -2.35. The first-order valence-corrected chi connectivity index (χ1v) is 5.19. The fourth-order valence-electron chi connectivity index (χ4n) is 1.29. The topological polar surface area (TPSA) is 66.4 Å². The number of carboxylic acids is 1. The standard InChI is InChI=1S/C13H12FNO3/c1-3-4-11(13(17)18)15-12(16)9-6-5-8(2)10(14)7-9/h1,5-7,11H,4H2,2H3,(H,15,16)(H,17,18). The molecule has 94 valence electrons. The molecule has 1 aromatic carbocycles. The van der Waals surface area contributed by atoms with E-state index in [9.17, 15) is 14.0 Å². The van der Waals surface area contributed by atoms with E-state index in [4.69, 9.17) is 11.5 Å². The van der Waals surface area contributed by atoms with E-state index in [1.165, 1.54) is 12.1 Å². The van der Waals surface area contributed by atoms with Gasteiger partial charge in [-0.05, 0) is 24.6 Å². The van der Waals surface area contributed by atoms with Crippen molar-refractivity contribution in [3.63, 3.8) is 0 Å². The van der Waals surface area contributed by atoms with Crippen LogP contribution >= 0.6 is 0 Å². The smallest absolute Gasteiger partial charge is 0.327 e. The molecule has 0 saturated carbocycles. The van der Waals surface area contributed by atoms with Gasteiger partial charge in [0.25, 0.3) is 5.91 Å². The second-order valence-electron chi connectivity index (χ2n) is 3.74. The van der Waals surface area contributed by atoms with Gasteiger partial charge >= 0.3 is 5.97 Å². The molecule has 0 saturated heterocycles. The molecule has 0 heterocycles. The third-order valence-electron chi connectivity index (χ3n) is 2.36. The molecule has 4 nitrogen and oxygen atoms in total. The molecule has 0 aliphatic rings. The van der Waals surface area contributed by atoms with Crippen LogP contribution in [0.25, 0.3) is 0 Å². The van der Waals surface area contributed by atoms with Gasteiger partial charge in [0.15, 0.2) is 0 Å². The number of carbonyl (C=O) groups is 2. The molecule has 0 aliphatic carbocycles. The number of nitrogens with one attached hydrogen (secondary N) is 1. The van der Waals surface area contributed by atoms with Crippen molar-refractivity contribution in [2.45, 2.75) is 19.4 Å². The van der Waals surface area contributed by atoms with Crippen molar-refractivity contribution in [2.24, 2.45) is 0 Å². The molecule has 1 atom stereocenters. The number of hydrogen-bond acceptors (Lipinski definition) is 2. The number of amides is 1. The molecule has 18 heavy (non-hydrogen) atoms. The zero-order valence-electron chi connectivity index (χ0n) is 9.74. The van der Waals surface area contributed by atoms with Gasteiger partial charge < -0.3 is 10.4 Å². The van der Waals surface area contributed by atoms with E-state index in [1.807, 2.05) is 0 Å². The fourth-order valence-corrected chi connectivity index (χ4v) is 1.29. The van der Waals surface area contributed by atoms with Crippen molar-refractivity contribution >= 4 is 11.9 Å². The Kier molecular flexibility index (Phi) is 4.44. The maximum atomic E-state index is 13.3. The van der Waals surface area contributed by atoms with Gasteiger partial charge in [-0.3, -0.25) is 4.79 Å². The number of carboxylic acid groups (broad SMARTS) is 1. The molecule has 1 unspecified atom stereocenters. The molecule has 0 radical (unpaired) electrons. The van der Waals surface area contributed by atoms with Crippen LogP contribution in [0.5, 0.6) is 0 Å². The Morgan fingerprint density at radius 3 is 2.72 bits per heavy atom. The number of hydrogen-bond donors (Lipinski definition) is 2. The van der Waals surface area contributed by atoms with Crippen LogP contribution in [0.15, 0.2) is 18.2 Å². The average molecular weight is 249 g/mol. The van der Waals surface area contributed by atoms with Crippen molar-refractivity contribution in [1.82, 2.24) is 5.32 Å². The minimum atomic E-state index is -1.23. The summed E-state index contributed by atoms with van der Waals surface area (Å²) in [6, 6.07) is 2.75. The van der Waals surface area contributed by atoms with E-state index in [0.29, 0.717) is 5.56 Å². The quantitative estimate of drug-likeness (QED) is 0.791. The number of halogens is 1. The number of aliphatic carboxylic acids is 1. The number of benzene rings is 1. The van der Waals surface area contributed by atoms with E-state index in [0.717, 1.165) is 6.07 Å². The molecule has 0 aliphatic heterocycles. The first kappa shape index (κ1) is 13.7. The predicted octanol–water partition coefficient (Wildman–Crippen LogP) is 1.34. The summed E-state index contributed by atoms with van der Waals surface area (Å²) in [5, 5.41) is 11.0. The van der Waals surface area contributed by atoms with Crippen molar-refractivity contribution < 1.29 is 19.1 Å². The van der Waals surface area contributed by atoms with Gasteiger partial charge in [-0.1, -0.05) is 6.07 Å². The Labute approximate surface area is 104 Å². The largest absolute Gasteiger partial charge is 0.480 e. The molecule has 1 amide bonds. The predicted molar refractivity (Wildman–Crippen MR) is 63.5 cm³/mol. The van der Waals surface area contributed by atoms with E-state index in [2.05, 4.69) is 11.2 Å².